The Kier molecular flexibility index (Phi) is 3.67. The summed E-state index contributed by atoms with van der Waals surface area (Å²) in [7, 11) is 1.89. The van der Waals surface area contributed by atoms with Crippen molar-refractivity contribution in [1.29, 1.82) is 0 Å². The van der Waals surface area contributed by atoms with Crippen LogP contribution in [0.15, 0.2) is 16.7 Å². The molecule has 20 heavy (non-hydrogen) atoms. The van der Waals surface area contributed by atoms with Crippen molar-refractivity contribution in [1.82, 2.24) is 15.3 Å². The molecule has 0 atom stereocenters. The summed E-state index contributed by atoms with van der Waals surface area (Å²) < 4.78 is 12.1. The number of nitrogens with one attached hydrogen (secondary N) is 2. The molecule has 6 heteroatoms. The quantitative estimate of drug-likeness (QED) is 0.903. The van der Waals surface area contributed by atoms with E-state index in [0.717, 1.165) is 38.7 Å². The summed E-state index contributed by atoms with van der Waals surface area (Å²) in [6.45, 7) is 3.93. The molecule has 2 heterocycles. The van der Waals surface area contributed by atoms with E-state index >= 15 is 0 Å². The van der Waals surface area contributed by atoms with Gasteiger partial charge < -0.3 is 19.8 Å². The number of aromatic nitrogens is 2. The molecule has 0 saturated carbocycles. The van der Waals surface area contributed by atoms with E-state index in [1.54, 1.807) is 0 Å². The molecule has 0 aliphatic carbocycles. The van der Waals surface area contributed by atoms with E-state index in [1.807, 2.05) is 26.1 Å². The van der Waals surface area contributed by atoms with Crippen molar-refractivity contribution < 1.29 is 9.47 Å². The van der Waals surface area contributed by atoms with Crippen LogP contribution in [0.1, 0.15) is 11.4 Å². The summed E-state index contributed by atoms with van der Waals surface area (Å²) in [5.41, 5.74) is 3.04. The number of hydrogen-bond acceptors (Lipinski definition) is 4. The second-order valence-corrected chi connectivity index (χ2v) is 5.48. The molecule has 2 N–H and O–H groups in total. The molecule has 1 aromatic carbocycles. The first kappa shape index (κ1) is 13.5. The zero-order valence-corrected chi connectivity index (χ0v) is 13.0. The van der Waals surface area contributed by atoms with E-state index in [0.29, 0.717) is 19.8 Å². The number of ether oxygens (including phenoxy) is 2. The lowest BCUT2D eigenvalue weighted by molar-refractivity contribution is 0.171. The van der Waals surface area contributed by atoms with Gasteiger partial charge in [-0.3, -0.25) is 0 Å². The van der Waals surface area contributed by atoms with E-state index in [1.165, 1.54) is 0 Å². The molecule has 1 aliphatic heterocycles. The minimum absolute atomic E-state index is 0.586. The average molecular weight is 338 g/mol. The van der Waals surface area contributed by atoms with Gasteiger partial charge in [0.25, 0.3) is 0 Å². The number of imidazole rings is 1. The predicted octanol–water partition coefficient (Wildman–Crippen LogP) is 2.64. The van der Waals surface area contributed by atoms with E-state index in [-0.39, 0.29) is 0 Å². The average Bonchev–Trinajstić information content (AvgIpc) is 2.79. The van der Waals surface area contributed by atoms with Crippen molar-refractivity contribution in [2.45, 2.75) is 13.5 Å². The molecular formula is C14H16BrN3O2. The van der Waals surface area contributed by atoms with Crippen molar-refractivity contribution in [2.24, 2.45) is 0 Å². The number of benzene rings is 1. The van der Waals surface area contributed by atoms with Gasteiger partial charge in [0.05, 0.1) is 6.54 Å². The Morgan fingerprint density at radius 3 is 2.70 bits per heavy atom. The SMILES string of the molecule is CNCc1nc(-c2cc3c(cc2C)OCCO3)c(Br)[nH]1. The maximum atomic E-state index is 5.64. The number of fused-ring (bicyclic) bond motifs is 1. The molecule has 5 nitrogen and oxygen atoms in total. The highest BCUT2D eigenvalue weighted by Crippen LogP contribution is 2.38. The van der Waals surface area contributed by atoms with Gasteiger partial charge in [-0.1, -0.05) is 0 Å². The number of nitrogens with zero attached hydrogens (tertiary/aromatic N) is 1. The Labute approximate surface area is 125 Å². The fourth-order valence-corrected chi connectivity index (χ4v) is 2.80. The van der Waals surface area contributed by atoms with Crippen molar-refractivity contribution in [3.05, 3.63) is 28.1 Å². The number of hydrogen-bond donors (Lipinski definition) is 2. The molecule has 0 fully saturated rings. The van der Waals surface area contributed by atoms with Gasteiger partial charge in [-0.2, -0.15) is 0 Å². The first-order valence-electron chi connectivity index (χ1n) is 6.48. The van der Waals surface area contributed by atoms with Crippen LogP contribution in [0, 0.1) is 6.92 Å². The summed E-state index contributed by atoms with van der Waals surface area (Å²) in [5.74, 6) is 2.48. The standard InChI is InChI=1S/C14H16BrN3O2/c1-8-5-10-11(20-4-3-19-10)6-9(8)13-14(15)18-12(17-13)7-16-2/h5-6,16H,3-4,7H2,1-2H3,(H,17,18). The minimum Gasteiger partial charge on any atom is -0.486 e. The van der Waals surface area contributed by atoms with Crippen LogP contribution in [-0.2, 0) is 6.54 Å². The number of aryl methyl sites for hydroxylation is 1. The van der Waals surface area contributed by atoms with Crippen LogP contribution in [0.2, 0.25) is 0 Å². The first-order chi connectivity index (χ1) is 9.69. The third-order valence-electron chi connectivity index (χ3n) is 3.20. The van der Waals surface area contributed by atoms with Gasteiger partial charge in [0.1, 0.15) is 29.3 Å². The summed E-state index contributed by atoms with van der Waals surface area (Å²) in [6, 6.07) is 4.00. The van der Waals surface area contributed by atoms with Crippen LogP contribution in [0.4, 0.5) is 0 Å². The number of H-pyrrole nitrogens is 1. The van der Waals surface area contributed by atoms with Crippen LogP contribution in [0.3, 0.4) is 0 Å². The van der Waals surface area contributed by atoms with Crippen LogP contribution in [0.5, 0.6) is 11.5 Å². The molecule has 1 aliphatic rings. The van der Waals surface area contributed by atoms with Crippen molar-refractivity contribution in [2.75, 3.05) is 20.3 Å². The number of halogens is 1. The fourth-order valence-electron chi connectivity index (χ4n) is 2.27. The Morgan fingerprint density at radius 1 is 1.30 bits per heavy atom. The molecule has 0 bridgehead atoms. The van der Waals surface area contributed by atoms with Gasteiger partial charge >= 0.3 is 0 Å². The normalized spacial score (nSPS) is 13.6. The maximum absolute atomic E-state index is 5.64. The first-order valence-corrected chi connectivity index (χ1v) is 7.28. The third kappa shape index (κ3) is 2.41. The zero-order valence-electron chi connectivity index (χ0n) is 11.4. The highest BCUT2D eigenvalue weighted by Gasteiger charge is 2.18. The summed E-state index contributed by atoms with van der Waals surface area (Å²) in [5, 5.41) is 3.08. The molecule has 3 rings (SSSR count). The second kappa shape index (κ2) is 5.46. The Bertz CT molecular complexity index is 640. The smallest absolute Gasteiger partial charge is 0.162 e. The topological polar surface area (TPSA) is 59.2 Å². The Hall–Kier alpha value is -1.53. The highest BCUT2D eigenvalue weighted by molar-refractivity contribution is 9.10. The lowest BCUT2D eigenvalue weighted by Gasteiger charge is -2.20. The van der Waals surface area contributed by atoms with Gasteiger partial charge in [-0.05, 0) is 47.6 Å². The fraction of sp³-hybridized carbons (Fsp3) is 0.357. The van der Waals surface area contributed by atoms with Crippen LogP contribution >= 0.6 is 15.9 Å². The monoisotopic (exact) mass is 337 g/mol. The van der Waals surface area contributed by atoms with Gasteiger partial charge in [-0.25, -0.2) is 4.98 Å². The summed E-state index contributed by atoms with van der Waals surface area (Å²) in [6.07, 6.45) is 0. The van der Waals surface area contributed by atoms with Gasteiger partial charge in [0, 0.05) is 5.56 Å². The van der Waals surface area contributed by atoms with E-state index < -0.39 is 0 Å². The van der Waals surface area contributed by atoms with Crippen molar-refractivity contribution in [3.63, 3.8) is 0 Å². The van der Waals surface area contributed by atoms with Gasteiger partial charge in [0.2, 0.25) is 0 Å². The predicted molar refractivity (Wildman–Crippen MR) is 80.2 cm³/mol. The molecule has 0 radical (unpaired) electrons. The summed E-state index contributed by atoms with van der Waals surface area (Å²) >= 11 is 3.54. The van der Waals surface area contributed by atoms with Crippen molar-refractivity contribution >= 4 is 15.9 Å². The van der Waals surface area contributed by atoms with Crippen LogP contribution in [0.25, 0.3) is 11.3 Å². The van der Waals surface area contributed by atoms with E-state index in [9.17, 15) is 0 Å². The second-order valence-electron chi connectivity index (χ2n) is 4.69. The Morgan fingerprint density at radius 2 is 2.00 bits per heavy atom. The summed E-state index contributed by atoms with van der Waals surface area (Å²) in [4.78, 5) is 7.84. The molecule has 1 aromatic heterocycles. The number of aromatic amines is 1. The highest BCUT2D eigenvalue weighted by atomic mass is 79.9. The van der Waals surface area contributed by atoms with E-state index in [4.69, 9.17) is 9.47 Å². The maximum Gasteiger partial charge on any atom is 0.162 e. The van der Waals surface area contributed by atoms with Crippen LogP contribution in [-0.4, -0.2) is 30.2 Å². The molecular weight excluding hydrogens is 322 g/mol. The molecule has 0 amide bonds. The van der Waals surface area contributed by atoms with Gasteiger partial charge in [-0.15, -0.1) is 0 Å². The number of rotatable bonds is 3. The lowest BCUT2D eigenvalue weighted by Crippen LogP contribution is -2.15. The minimum atomic E-state index is 0.586. The Balaban J connectivity index is 2.05. The molecule has 0 unspecified atom stereocenters. The van der Waals surface area contributed by atoms with Gasteiger partial charge in [0.15, 0.2) is 11.5 Å². The molecule has 0 saturated heterocycles. The van der Waals surface area contributed by atoms with Crippen molar-refractivity contribution in [3.8, 4) is 22.8 Å². The lowest BCUT2D eigenvalue weighted by atomic mass is 10.0. The third-order valence-corrected chi connectivity index (χ3v) is 3.77. The molecule has 106 valence electrons. The zero-order chi connectivity index (χ0) is 14.1. The molecule has 2 aromatic rings. The molecule has 0 spiro atoms. The largest absolute Gasteiger partial charge is 0.486 e. The van der Waals surface area contributed by atoms with Crippen LogP contribution < -0.4 is 14.8 Å². The van der Waals surface area contributed by atoms with E-state index in [2.05, 4.69) is 31.2 Å².